The van der Waals surface area contributed by atoms with Crippen molar-refractivity contribution >= 4 is 11.8 Å². The predicted octanol–water partition coefficient (Wildman–Crippen LogP) is 5.00. The zero-order valence-electron chi connectivity index (χ0n) is 15.4. The predicted molar refractivity (Wildman–Crippen MR) is 92.2 cm³/mol. The fourth-order valence-corrected chi connectivity index (χ4v) is 5.18. The number of allylic oxidation sites excluding steroid dienone is 2. The average molecular weight is 320 g/mol. The van der Waals surface area contributed by atoms with Crippen molar-refractivity contribution in [3.63, 3.8) is 0 Å². The molecule has 0 bridgehead atoms. The molecule has 0 spiro atoms. The number of hydrogen-bond acceptors (Lipinski definition) is 2. The third-order valence-electron chi connectivity index (χ3n) is 6.59. The van der Waals surface area contributed by atoms with Gasteiger partial charge in [0, 0.05) is 12.8 Å². The average Bonchev–Trinajstić information content (AvgIpc) is 2.40. The summed E-state index contributed by atoms with van der Waals surface area (Å²) in [6, 6.07) is 0. The van der Waals surface area contributed by atoms with E-state index < -0.39 is 5.97 Å². The zero-order valence-corrected chi connectivity index (χ0v) is 15.4. The molecule has 1 saturated carbocycles. The topological polar surface area (TPSA) is 54.4 Å². The summed E-state index contributed by atoms with van der Waals surface area (Å²) < 4.78 is 0. The molecule has 2 rings (SSSR count). The number of fused-ring (bicyclic) bond motifs is 1. The maximum Gasteiger partial charge on any atom is 0.303 e. The van der Waals surface area contributed by atoms with Gasteiger partial charge in [0.1, 0.15) is 0 Å². The Morgan fingerprint density at radius 3 is 2.57 bits per heavy atom. The standard InChI is InChI=1S/C20H32O3/c1-13(11-18(22)23)7-8-15-14(2)16(21)12-17-19(3,4)9-6-10-20(15,17)5/h13,17H,6-12H2,1-5H3,(H,22,23). The van der Waals surface area contributed by atoms with Gasteiger partial charge in [0.2, 0.25) is 0 Å². The van der Waals surface area contributed by atoms with E-state index in [0.717, 1.165) is 24.8 Å². The van der Waals surface area contributed by atoms with E-state index in [-0.39, 0.29) is 23.2 Å². The van der Waals surface area contributed by atoms with Gasteiger partial charge in [-0.15, -0.1) is 0 Å². The SMILES string of the molecule is CC1=C(CCC(C)CC(=O)O)C2(C)CCCC(C)(C)C2CC1=O. The smallest absolute Gasteiger partial charge is 0.303 e. The highest BCUT2D eigenvalue weighted by molar-refractivity contribution is 5.97. The fourth-order valence-electron chi connectivity index (χ4n) is 5.18. The molecule has 23 heavy (non-hydrogen) atoms. The lowest BCUT2D eigenvalue weighted by Crippen LogP contribution is -2.47. The second-order valence-corrected chi connectivity index (χ2v) is 8.78. The van der Waals surface area contributed by atoms with Crippen LogP contribution < -0.4 is 0 Å². The van der Waals surface area contributed by atoms with Crippen LogP contribution in [0.1, 0.15) is 79.6 Å². The van der Waals surface area contributed by atoms with Gasteiger partial charge in [-0.1, -0.05) is 39.7 Å². The number of carboxylic acid groups (broad SMARTS) is 1. The van der Waals surface area contributed by atoms with Gasteiger partial charge >= 0.3 is 5.97 Å². The summed E-state index contributed by atoms with van der Waals surface area (Å²) in [6.45, 7) is 11.0. The minimum atomic E-state index is -0.731. The van der Waals surface area contributed by atoms with Gasteiger partial charge < -0.3 is 5.11 Å². The maximum absolute atomic E-state index is 12.6. The van der Waals surface area contributed by atoms with Gasteiger partial charge in [0.15, 0.2) is 5.78 Å². The second-order valence-electron chi connectivity index (χ2n) is 8.78. The van der Waals surface area contributed by atoms with Crippen LogP contribution in [0, 0.1) is 22.7 Å². The number of rotatable bonds is 5. The van der Waals surface area contributed by atoms with E-state index >= 15 is 0 Å². The third-order valence-corrected chi connectivity index (χ3v) is 6.59. The Labute approximate surface area is 140 Å². The Morgan fingerprint density at radius 2 is 1.96 bits per heavy atom. The van der Waals surface area contributed by atoms with E-state index in [1.165, 1.54) is 18.4 Å². The highest BCUT2D eigenvalue weighted by Crippen LogP contribution is 2.59. The molecule has 3 unspecified atom stereocenters. The first-order chi connectivity index (χ1) is 10.6. The van der Waals surface area contributed by atoms with E-state index in [1.54, 1.807) is 0 Å². The first-order valence-corrected chi connectivity index (χ1v) is 9.03. The van der Waals surface area contributed by atoms with Gasteiger partial charge in [0.25, 0.3) is 0 Å². The molecule has 1 fully saturated rings. The Bertz CT molecular complexity index is 529. The van der Waals surface area contributed by atoms with Crippen LogP contribution in [-0.2, 0) is 9.59 Å². The van der Waals surface area contributed by atoms with Crippen molar-refractivity contribution in [2.24, 2.45) is 22.7 Å². The number of hydrogen-bond donors (Lipinski definition) is 1. The number of Topliss-reactive ketones (excluding diaryl/α,β-unsaturated/α-hetero) is 1. The normalized spacial score (nSPS) is 31.7. The first-order valence-electron chi connectivity index (χ1n) is 9.03. The molecule has 0 amide bonds. The summed E-state index contributed by atoms with van der Waals surface area (Å²) in [5, 5.41) is 8.96. The number of carbonyl (C=O) groups is 2. The van der Waals surface area contributed by atoms with Crippen molar-refractivity contribution in [2.45, 2.75) is 79.6 Å². The van der Waals surface area contributed by atoms with Crippen molar-refractivity contribution in [1.82, 2.24) is 0 Å². The third kappa shape index (κ3) is 3.54. The summed E-state index contributed by atoms with van der Waals surface area (Å²) in [5.74, 6) is 0.155. The molecule has 0 aliphatic heterocycles. The Kier molecular flexibility index (Phi) is 5.08. The van der Waals surface area contributed by atoms with Crippen molar-refractivity contribution in [3.8, 4) is 0 Å². The van der Waals surface area contributed by atoms with Crippen molar-refractivity contribution < 1.29 is 14.7 Å². The van der Waals surface area contributed by atoms with Crippen molar-refractivity contribution in [3.05, 3.63) is 11.1 Å². The molecule has 1 N–H and O–H groups in total. The summed E-state index contributed by atoms with van der Waals surface area (Å²) >= 11 is 0. The van der Waals surface area contributed by atoms with E-state index in [2.05, 4.69) is 20.8 Å². The largest absolute Gasteiger partial charge is 0.481 e. The van der Waals surface area contributed by atoms with Crippen LogP contribution in [0.15, 0.2) is 11.1 Å². The van der Waals surface area contributed by atoms with Crippen LogP contribution in [-0.4, -0.2) is 16.9 Å². The lowest BCUT2D eigenvalue weighted by atomic mass is 9.49. The van der Waals surface area contributed by atoms with Crippen molar-refractivity contribution in [2.75, 3.05) is 0 Å². The van der Waals surface area contributed by atoms with Gasteiger partial charge in [-0.3, -0.25) is 9.59 Å². The highest BCUT2D eigenvalue weighted by atomic mass is 16.4. The molecule has 0 radical (unpaired) electrons. The molecule has 0 heterocycles. The van der Waals surface area contributed by atoms with Crippen LogP contribution in [0.5, 0.6) is 0 Å². The second kappa shape index (κ2) is 6.41. The van der Waals surface area contributed by atoms with E-state index in [0.29, 0.717) is 18.1 Å². The molecule has 2 aliphatic carbocycles. The number of ketones is 1. The maximum atomic E-state index is 12.6. The van der Waals surface area contributed by atoms with Crippen LogP contribution in [0.4, 0.5) is 0 Å². The van der Waals surface area contributed by atoms with Crippen LogP contribution >= 0.6 is 0 Å². The molecule has 2 aliphatic rings. The van der Waals surface area contributed by atoms with E-state index in [9.17, 15) is 9.59 Å². The number of carboxylic acids is 1. The molecule has 0 aromatic rings. The Balaban J connectivity index is 2.26. The molecular weight excluding hydrogens is 288 g/mol. The lowest BCUT2D eigenvalue weighted by Gasteiger charge is -2.54. The molecule has 3 heteroatoms. The minimum absolute atomic E-state index is 0.114. The molecule has 0 aromatic carbocycles. The summed E-state index contributed by atoms with van der Waals surface area (Å²) in [4.78, 5) is 23.4. The highest BCUT2D eigenvalue weighted by Gasteiger charge is 2.51. The molecule has 0 saturated heterocycles. The minimum Gasteiger partial charge on any atom is -0.481 e. The van der Waals surface area contributed by atoms with E-state index in [4.69, 9.17) is 5.11 Å². The van der Waals surface area contributed by atoms with E-state index in [1.807, 2.05) is 13.8 Å². The zero-order chi connectivity index (χ0) is 17.4. The molecule has 3 nitrogen and oxygen atoms in total. The lowest BCUT2D eigenvalue weighted by molar-refractivity contribution is -0.138. The van der Waals surface area contributed by atoms with Gasteiger partial charge in [-0.25, -0.2) is 0 Å². The monoisotopic (exact) mass is 320 g/mol. The van der Waals surface area contributed by atoms with Gasteiger partial charge in [-0.2, -0.15) is 0 Å². The van der Waals surface area contributed by atoms with Crippen LogP contribution in [0.25, 0.3) is 0 Å². The molecule has 0 aromatic heterocycles. The number of aliphatic carboxylic acids is 1. The molecular formula is C20H32O3. The number of carbonyl (C=O) groups excluding carboxylic acids is 1. The summed E-state index contributed by atoms with van der Waals surface area (Å²) in [5.41, 5.74) is 2.61. The van der Waals surface area contributed by atoms with Gasteiger partial charge in [-0.05, 0) is 60.8 Å². The summed E-state index contributed by atoms with van der Waals surface area (Å²) in [6.07, 6.45) is 6.20. The van der Waals surface area contributed by atoms with Gasteiger partial charge in [0.05, 0.1) is 0 Å². The van der Waals surface area contributed by atoms with Crippen molar-refractivity contribution in [1.29, 1.82) is 0 Å². The Hall–Kier alpha value is -1.12. The molecule has 3 atom stereocenters. The molecule has 130 valence electrons. The quantitative estimate of drug-likeness (QED) is 0.775. The summed E-state index contributed by atoms with van der Waals surface area (Å²) in [7, 11) is 0. The van der Waals surface area contributed by atoms with Crippen LogP contribution in [0.3, 0.4) is 0 Å². The first kappa shape index (κ1) is 18.2. The Morgan fingerprint density at radius 1 is 1.30 bits per heavy atom. The van der Waals surface area contributed by atoms with Crippen LogP contribution in [0.2, 0.25) is 0 Å². The fraction of sp³-hybridized carbons (Fsp3) is 0.800.